The van der Waals surface area contributed by atoms with Gasteiger partial charge >= 0.3 is 0 Å². The highest BCUT2D eigenvalue weighted by atomic mass is 19.1. The van der Waals surface area contributed by atoms with Gasteiger partial charge in [-0.2, -0.15) is 5.10 Å². The first-order chi connectivity index (χ1) is 9.74. The van der Waals surface area contributed by atoms with Gasteiger partial charge in [0.15, 0.2) is 5.82 Å². The summed E-state index contributed by atoms with van der Waals surface area (Å²) in [5, 5.41) is 7.04. The molecule has 0 fully saturated rings. The van der Waals surface area contributed by atoms with E-state index in [0.717, 1.165) is 5.82 Å². The minimum absolute atomic E-state index is 0.361. The topological polar surface area (TPSA) is 60.6 Å². The van der Waals surface area contributed by atoms with Gasteiger partial charge in [-0.15, -0.1) is 0 Å². The monoisotopic (exact) mass is 272 g/mol. The first-order valence-corrected chi connectivity index (χ1v) is 6.08. The van der Waals surface area contributed by atoms with E-state index in [1.807, 2.05) is 17.8 Å². The highest BCUT2D eigenvalue weighted by Gasteiger charge is 2.07. The van der Waals surface area contributed by atoms with Crippen LogP contribution < -0.4 is 5.32 Å². The standard InChI is InChI=1S/C13H13FN6/c1-19-5-4-16-13(19)7-17-10-2-3-12(11(14)6-10)20-9-15-8-18-20/h2-6,8-9,17H,7H2,1H3. The molecule has 3 aromatic rings. The third-order valence-corrected chi connectivity index (χ3v) is 2.98. The van der Waals surface area contributed by atoms with Gasteiger partial charge in [0.2, 0.25) is 0 Å². The molecular weight excluding hydrogens is 259 g/mol. The number of hydrogen-bond acceptors (Lipinski definition) is 4. The minimum atomic E-state index is -0.361. The molecule has 3 rings (SSSR count). The first-order valence-electron chi connectivity index (χ1n) is 6.08. The van der Waals surface area contributed by atoms with Crippen LogP contribution in [-0.4, -0.2) is 24.3 Å². The van der Waals surface area contributed by atoms with E-state index in [4.69, 9.17) is 0 Å². The molecule has 0 aliphatic carbocycles. The molecule has 102 valence electrons. The molecule has 7 heteroatoms. The van der Waals surface area contributed by atoms with Crippen LogP contribution in [0.4, 0.5) is 10.1 Å². The quantitative estimate of drug-likeness (QED) is 0.786. The fourth-order valence-electron chi connectivity index (χ4n) is 1.88. The van der Waals surface area contributed by atoms with Crippen LogP contribution in [0.5, 0.6) is 0 Å². The van der Waals surface area contributed by atoms with Gasteiger partial charge in [-0.25, -0.2) is 19.0 Å². The zero-order valence-corrected chi connectivity index (χ0v) is 10.9. The van der Waals surface area contributed by atoms with Gasteiger partial charge in [0.05, 0.1) is 6.54 Å². The van der Waals surface area contributed by atoms with E-state index in [1.165, 1.54) is 23.4 Å². The minimum Gasteiger partial charge on any atom is -0.378 e. The molecule has 0 unspecified atom stereocenters. The second kappa shape index (κ2) is 5.12. The number of halogens is 1. The summed E-state index contributed by atoms with van der Waals surface area (Å²) in [5.41, 5.74) is 1.06. The van der Waals surface area contributed by atoms with Crippen LogP contribution >= 0.6 is 0 Å². The SMILES string of the molecule is Cn1ccnc1CNc1ccc(-n2cncn2)c(F)c1. The number of benzene rings is 1. The average molecular weight is 272 g/mol. The van der Waals surface area contributed by atoms with Crippen molar-refractivity contribution in [1.82, 2.24) is 24.3 Å². The summed E-state index contributed by atoms with van der Waals surface area (Å²) in [5.74, 6) is 0.520. The van der Waals surface area contributed by atoms with Crippen molar-refractivity contribution in [2.75, 3.05) is 5.32 Å². The molecule has 2 aromatic heterocycles. The normalized spacial score (nSPS) is 10.7. The fraction of sp³-hybridized carbons (Fsp3) is 0.154. The van der Waals surface area contributed by atoms with E-state index in [9.17, 15) is 4.39 Å². The Morgan fingerprint density at radius 3 is 2.90 bits per heavy atom. The van der Waals surface area contributed by atoms with E-state index in [-0.39, 0.29) is 5.82 Å². The van der Waals surface area contributed by atoms with E-state index in [0.29, 0.717) is 17.9 Å². The van der Waals surface area contributed by atoms with Crippen LogP contribution in [0.15, 0.2) is 43.2 Å². The number of nitrogens with zero attached hydrogens (tertiary/aromatic N) is 5. The molecule has 0 saturated heterocycles. The van der Waals surface area contributed by atoms with Gasteiger partial charge in [-0.05, 0) is 18.2 Å². The number of rotatable bonds is 4. The van der Waals surface area contributed by atoms with Crippen molar-refractivity contribution < 1.29 is 4.39 Å². The van der Waals surface area contributed by atoms with Crippen LogP contribution in [0.1, 0.15) is 5.82 Å². The maximum atomic E-state index is 14.0. The molecule has 0 atom stereocenters. The van der Waals surface area contributed by atoms with Gasteiger partial charge in [0.1, 0.15) is 24.2 Å². The highest BCUT2D eigenvalue weighted by Crippen LogP contribution is 2.17. The lowest BCUT2D eigenvalue weighted by atomic mass is 10.2. The second-order valence-corrected chi connectivity index (χ2v) is 4.31. The van der Waals surface area contributed by atoms with Crippen LogP contribution in [0, 0.1) is 5.82 Å². The van der Waals surface area contributed by atoms with Crippen LogP contribution in [0.25, 0.3) is 5.69 Å². The molecule has 0 aliphatic heterocycles. The summed E-state index contributed by atoms with van der Waals surface area (Å²) < 4.78 is 17.3. The summed E-state index contributed by atoms with van der Waals surface area (Å²) >= 11 is 0. The Hall–Kier alpha value is -2.70. The molecule has 2 heterocycles. The second-order valence-electron chi connectivity index (χ2n) is 4.31. The number of hydrogen-bond donors (Lipinski definition) is 1. The van der Waals surface area contributed by atoms with E-state index >= 15 is 0 Å². The van der Waals surface area contributed by atoms with Crippen molar-refractivity contribution >= 4 is 5.69 Å². The lowest BCUT2D eigenvalue weighted by molar-refractivity contribution is 0.611. The lowest BCUT2D eigenvalue weighted by Crippen LogP contribution is -2.06. The summed E-state index contributed by atoms with van der Waals surface area (Å²) in [7, 11) is 1.92. The molecule has 0 saturated carbocycles. The number of imidazole rings is 1. The zero-order valence-electron chi connectivity index (χ0n) is 10.9. The summed E-state index contributed by atoms with van der Waals surface area (Å²) in [6.45, 7) is 0.533. The lowest BCUT2D eigenvalue weighted by Gasteiger charge is -2.08. The molecule has 20 heavy (non-hydrogen) atoms. The zero-order chi connectivity index (χ0) is 13.9. The molecule has 0 aliphatic rings. The van der Waals surface area contributed by atoms with E-state index < -0.39 is 0 Å². The van der Waals surface area contributed by atoms with Gasteiger partial charge in [0, 0.05) is 25.1 Å². The van der Waals surface area contributed by atoms with Gasteiger partial charge in [-0.3, -0.25) is 0 Å². The largest absolute Gasteiger partial charge is 0.378 e. The fourth-order valence-corrected chi connectivity index (χ4v) is 1.88. The van der Waals surface area contributed by atoms with Crippen LogP contribution in [0.3, 0.4) is 0 Å². The Labute approximate surface area is 114 Å². The Balaban J connectivity index is 1.76. The molecule has 1 aromatic carbocycles. The summed E-state index contributed by atoms with van der Waals surface area (Å²) in [6.07, 6.45) is 6.42. The summed E-state index contributed by atoms with van der Waals surface area (Å²) in [6, 6.07) is 4.88. The van der Waals surface area contributed by atoms with Gasteiger partial charge in [0.25, 0.3) is 0 Å². The van der Waals surface area contributed by atoms with Crippen molar-refractivity contribution in [3.05, 3.63) is 54.9 Å². The number of aryl methyl sites for hydroxylation is 1. The number of aromatic nitrogens is 5. The third-order valence-electron chi connectivity index (χ3n) is 2.98. The Morgan fingerprint density at radius 2 is 2.25 bits per heavy atom. The molecule has 0 spiro atoms. The first kappa shape index (κ1) is 12.3. The predicted octanol–water partition coefficient (Wildman–Crippen LogP) is 1.75. The predicted molar refractivity (Wildman–Crippen MR) is 71.9 cm³/mol. The Kier molecular flexibility index (Phi) is 3.16. The van der Waals surface area contributed by atoms with Crippen LogP contribution in [-0.2, 0) is 13.6 Å². The maximum absolute atomic E-state index is 14.0. The molecule has 6 nitrogen and oxygen atoms in total. The molecule has 0 amide bonds. The van der Waals surface area contributed by atoms with Crippen molar-refractivity contribution in [2.45, 2.75) is 6.54 Å². The van der Waals surface area contributed by atoms with Crippen molar-refractivity contribution in [2.24, 2.45) is 7.05 Å². The van der Waals surface area contributed by atoms with Crippen LogP contribution in [0.2, 0.25) is 0 Å². The molecule has 0 radical (unpaired) electrons. The number of anilines is 1. The van der Waals surface area contributed by atoms with Crippen molar-refractivity contribution in [3.63, 3.8) is 0 Å². The maximum Gasteiger partial charge on any atom is 0.150 e. The van der Waals surface area contributed by atoms with Gasteiger partial charge in [-0.1, -0.05) is 0 Å². The Bertz CT molecular complexity index is 703. The van der Waals surface area contributed by atoms with Crippen molar-refractivity contribution in [1.29, 1.82) is 0 Å². The van der Waals surface area contributed by atoms with Gasteiger partial charge < -0.3 is 9.88 Å². The third kappa shape index (κ3) is 2.37. The number of nitrogens with one attached hydrogen (secondary N) is 1. The smallest absolute Gasteiger partial charge is 0.150 e. The highest BCUT2D eigenvalue weighted by molar-refractivity contribution is 5.49. The van der Waals surface area contributed by atoms with E-state index in [2.05, 4.69) is 20.4 Å². The molecule has 1 N–H and O–H groups in total. The summed E-state index contributed by atoms with van der Waals surface area (Å²) in [4.78, 5) is 8.00. The molecule has 0 bridgehead atoms. The average Bonchev–Trinajstić information content (AvgIpc) is 3.08. The Morgan fingerprint density at radius 1 is 1.35 bits per heavy atom. The molecular formula is C13H13FN6. The van der Waals surface area contributed by atoms with E-state index in [1.54, 1.807) is 18.3 Å². The van der Waals surface area contributed by atoms with Crippen molar-refractivity contribution in [3.8, 4) is 5.69 Å².